The molecule has 12 atom stereocenters. The van der Waals surface area contributed by atoms with Crippen LogP contribution in [0.3, 0.4) is 0 Å². The molecule has 0 radical (unpaired) electrons. The van der Waals surface area contributed by atoms with Gasteiger partial charge in [-0.15, -0.1) is 0 Å². The van der Waals surface area contributed by atoms with Crippen molar-refractivity contribution in [3.63, 3.8) is 0 Å². The first-order valence-electron chi connectivity index (χ1n) is 45.5. The van der Waals surface area contributed by atoms with Gasteiger partial charge in [-0.1, -0.05) is 74.2 Å². The number of nitrogens with one attached hydrogen (secondary N) is 16. The SMILES string of the molecule is C[C@@H]1NC(=O)[C@H](CCCCN)NC(=O)[C@@H](C)NC(=O)[C@H](CCCCNC(=O)CCCCCNC(=O)[C@H](Cc2ccc(O)cc2)NC(=O)[C@H](Cc2ccc(O)cc2)NC(=O)CNC(=O)[C@@H](N)CCCCN)NC(=O)[C@@H](C)NC(=O)[C@H](CCCCNC(=O)CCCCCNC(=O)[C@H](Cc2ccc(O)cc2)NC(=O)[C@H](Cc2ccc(O)cc2)NC(=O)CNC(=O)[C@@H](N)CCCCN)NC1=O. The molecular formula is C91H139N21O20. The van der Waals surface area contributed by atoms with Gasteiger partial charge in [0, 0.05) is 64.7 Å². The fourth-order valence-electron chi connectivity index (χ4n) is 14.0. The van der Waals surface area contributed by atoms with Crippen molar-refractivity contribution in [2.75, 3.05) is 58.9 Å². The molecular weight excluding hydrogens is 1710 g/mol. The van der Waals surface area contributed by atoms with E-state index in [1.54, 1.807) is 48.5 Å². The summed E-state index contributed by atoms with van der Waals surface area (Å²) < 4.78 is 0. The van der Waals surface area contributed by atoms with Crippen LogP contribution in [0.2, 0.25) is 0 Å². The Kier molecular flexibility index (Phi) is 50.9. The first-order valence-corrected chi connectivity index (χ1v) is 45.5. The third-order valence-electron chi connectivity index (χ3n) is 21.9. The van der Waals surface area contributed by atoms with Crippen LogP contribution < -0.4 is 114 Å². The van der Waals surface area contributed by atoms with Crippen LogP contribution in [-0.2, 0) is 102 Å². The number of hydrogen-bond acceptors (Lipinski definition) is 25. The Morgan fingerprint density at radius 2 is 0.561 bits per heavy atom. The maximum absolute atomic E-state index is 14.2. The van der Waals surface area contributed by atoms with Gasteiger partial charge in [0.05, 0.1) is 25.2 Å². The lowest BCUT2D eigenvalue weighted by molar-refractivity contribution is -0.136. The summed E-state index contributed by atoms with van der Waals surface area (Å²) in [5, 5.41) is 82.8. The minimum absolute atomic E-state index is 0.0105. The number of carbonyl (C=O) groups is 16. The molecule has 728 valence electrons. The van der Waals surface area contributed by atoms with Crippen molar-refractivity contribution < 1.29 is 97.1 Å². The number of hydrogen-bond donors (Lipinski definition) is 25. The monoisotopic (exact) mass is 1850 g/mol. The summed E-state index contributed by atoms with van der Waals surface area (Å²) in [5.41, 5.74) is 31.1. The van der Waals surface area contributed by atoms with Crippen LogP contribution in [0.25, 0.3) is 0 Å². The maximum atomic E-state index is 14.2. The van der Waals surface area contributed by atoms with Crippen LogP contribution in [0.15, 0.2) is 97.1 Å². The Labute approximate surface area is 769 Å². The lowest BCUT2D eigenvalue weighted by atomic mass is 10.0. The molecule has 0 spiro atoms. The molecule has 4 aromatic carbocycles. The van der Waals surface area contributed by atoms with E-state index in [0.717, 1.165) is 0 Å². The van der Waals surface area contributed by atoms with Gasteiger partial charge >= 0.3 is 0 Å². The number of aromatic hydroxyl groups is 4. The van der Waals surface area contributed by atoms with E-state index in [1.165, 1.54) is 69.3 Å². The molecule has 1 saturated heterocycles. The summed E-state index contributed by atoms with van der Waals surface area (Å²) in [5.74, 6) is -10.5. The summed E-state index contributed by atoms with van der Waals surface area (Å²) >= 11 is 0. The molecule has 5 rings (SSSR count). The van der Waals surface area contributed by atoms with Gasteiger partial charge < -0.3 is 134 Å². The zero-order valence-electron chi connectivity index (χ0n) is 75.8. The first kappa shape index (κ1) is 110. The molecule has 1 aliphatic rings. The third-order valence-corrected chi connectivity index (χ3v) is 21.9. The van der Waals surface area contributed by atoms with Crippen LogP contribution in [0, 0.1) is 0 Å². The predicted molar refractivity (Wildman–Crippen MR) is 491 cm³/mol. The highest BCUT2D eigenvalue weighted by atomic mass is 16.3. The van der Waals surface area contributed by atoms with Crippen LogP contribution in [0.4, 0.5) is 0 Å². The standard InChI is InChI=1S/C91H139N21O20/c1-56-80(121)108-69(22-10-15-45-94)87(128)103-57(2)81(122)109-71(24-12-19-47-98-77(118)26-7-5-17-49-100-86(127)73(51-60-29-37-64(114)38-30-60)112-91(132)75(53-62-33-41-66(116)42-34-62)107-79(120)55-102-84(125)68(96)21-9-14-44-93)89(130)105-58(3)82(123)110-70(88(129)104-56)23-11-18-46-97-76(117)25-6-4-16-48-99-85(126)72(50-59-27-35-63(113)36-28-59)111-90(131)74(52-61-31-39-65(115)40-32-61)106-78(119)54-101-83(124)67(95)20-8-13-43-92/h27-42,56-58,67-75,113-116H,4-26,43-55,92-96H2,1-3H3,(H,97,117)(H,98,118)(H,99,126)(H,100,127)(H,101,124)(H,102,125)(H,103,128)(H,104,129)(H,105,130)(H,106,119)(H,107,120)(H,108,121)(H,109,122)(H,110,123)(H,111,131)(H,112,132)/t56-,57+,58-,67+,68+,69+,70+,71+,72+,73+,74+,75+/m1/s1. The molecule has 4 aromatic rings. The minimum atomic E-state index is -1.31. The number of benzene rings is 4. The van der Waals surface area contributed by atoms with E-state index in [-0.39, 0.29) is 138 Å². The molecule has 30 N–H and O–H groups in total. The van der Waals surface area contributed by atoms with E-state index >= 15 is 0 Å². The van der Waals surface area contributed by atoms with E-state index in [9.17, 15) is 97.1 Å². The number of carbonyl (C=O) groups excluding carboxylic acids is 16. The summed E-state index contributed by atoms with van der Waals surface area (Å²) in [6.45, 7) is 4.87. The predicted octanol–water partition coefficient (Wildman–Crippen LogP) is -2.10. The van der Waals surface area contributed by atoms with Crippen LogP contribution >= 0.6 is 0 Å². The average Bonchev–Trinajstić information content (AvgIpc) is 0.863. The van der Waals surface area contributed by atoms with Gasteiger partial charge in [0.1, 0.15) is 83.4 Å². The number of amides is 16. The lowest BCUT2D eigenvalue weighted by Crippen LogP contribution is -2.60. The van der Waals surface area contributed by atoms with Crippen molar-refractivity contribution in [2.24, 2.45) is 28.7 Å². The van der Waals surface area contributed by atoms with Gasteiger partial charge in [0.15, 0.2) is 0 Å². The van der Waals surface area contributed by atoms with Gasteiger partial charge in [-0.3, -0.25) is 76.7 Å². The van der Waals surface area contributed by atoms with E-state index < -0.39 is 168 Å². The van der Waals surface area contributed by atoms with Crippen molar-refractivity contribution in [2.45, 2.75) is 267 Å². The second-order valence-electron chi connectivity index (χ2n) is 33.1. The van der Waals surface area contributed by atoms with Crippen molar-refractivity contribution in [1.82, 2.24) is 85.1 Å². The Morgan fingerprint density at radius 1 is 0.295 bits per heavy atom. The Bertz CT molecular complexity index is 4140. The topological polar surface area (TPSA) is 677 Å². The van der Waals surface area contributed by atoms with E-state index in [1.807, 2.05) is 0 Å². The first-order chi connectivity index (χ1) is 63.1. The van der Waals surface area contributed by atoms with E-state index in [2.05, 4.69) is 85.1 Å². The molecule has 0 unspecified atom stereocenters. The van der Waals surface area contributed by atoms with Gasteiger partial charge in [0.2, 0.25) is 94.5 Å². The molecule has 0 saturated carbocycles. The fourth-order valence-corrected chi connectivity index (χ4v) is 14.0. The normalized spacial score (nSPS) is 17.5. The average molecular weight is 1850 g/mol. The zero-order chi connectivity index (χ0) is 96.9. The van der Waals surface area contributed by atoms with Crippen LogP contribution in [0.1, 0.15) is 191 Å². The minimum Gasteiger partial charge on any atom is -0.508 e. The summed E-state index contributed by atoms with van der Waals surface area (Å²) in [7, 11) is 0. The molecule has 0 aromatic heterocycles. The molecule has 132 heavy (non-hydrogen) atoms. The molecule has 16 amide bonds. The molecule has 1 fully saturated rings. The number of rotatable bonds is 56. The summed E-state index contributed by atoms with van der Waals surface area (Å²) in [6, 6.07) is 9.65. The molecule has 1 heterocycles. The largest absolute Gasteiger partial charge is 0.508 e. The highest BCUT2D eigenvalue weighted by Gasteiger charge is 2.35. The second-order valence-corrected chi connectivity index (χ2v) is 33.1. The third kappa shape index (κ3) is 43.9. The number of nitrogens with two attached hydrogens (primary N) is 5. The van der Waals surface area contributed by atoms with E-state index in [4.69, 9.17) is 28.7 Å². The van der Waals surface area contributed by atoms with Crippen molar-refractivity contribution in [1.29, 1.82) is 0 Å². The van der Waals surface area contributed by atoms with Crippen LogP contribution in [-0.4, -0.2) is 246 Å². The Balaban J connectivity index is 1.12. The van der Waals surface area contributed by atoms with Gasteiger partial charge in [-0.25, -0.2) is 0 Å². The quantitative estimate of drug-likeness (QED) is 0.0211. The highest BCUT2D eigenvalue weighted by Crippen LogP contribution is 2.19. The highest BCUT2D eigenvalue weighted by molar-refractivity contribution is 5.99. The van der Waals surface area contributed by atoms with Gasteiger partial charge in [-0.05, 0) is 220 Å². The number of phenolic OH excluding ortho intramolecular Hbond substituents is 4. The molecule has 41 nitrogen and oxygen atoms in total. The Morgan fingerprint density at radius 3 is 0.856 bits per heavy atom. The number of unbranched alkanes of at least 4 members (excludes halogenated alkanes) is 9. The second kappa shape index (κ2) is 61.1. The molecule has 0 bridgehead atoms. The zero-order valence-corrected chi connectivity index (χ0v) is 75.8. The lowest BCUT2D eigenvalue weighted by Gasteiger charge is -2.27. The van der Waals surface area contributed by atoms with Crippen LogP contribution in [0.5, 0.6) is 23.0 Å². The van der Waals surface area contributed by atoms with Crippen molar-refractivity contribution >= 4 is 94.5 Å². The Hall–Kier alpha value is -12.6. The maximum Gasteiger partial charge on any atom is 0.243 e. The van der Waals surface area contributed by atoms with Gasteiger partial charge in [0.25, 0.3) is 0 Å². The van der Waals surface area contributed by atoms with Crippen molar-refractivity contribution in [3.05, 3.63) is 119 Å². The summed E-state index contributed by atoms with van der Waals surface area (Å²) in [6.07, 6.45) is 8.02. The smallest absolute Gasteiger partial charge is 0.243 e. The van der Waals surface area contributed by atoms with Gasteiger partial charge in [-0.2, -0.15) is 0 Å². The number of phenols is 4. The van der Waals surface area contributed by atoms with E-state index in [0.29, 0.717) is 138 Å². The molecule has 0 aliphatic carbocycles. The van der Waals surface area contributed by atoms with Crippen molar-refractivity contribution in [3.8, 4) is 23.0 Å². The fraction of sp³-hybridized carbons (Fsp3) is 0.560. The molecule has 41 heteroatoms. The molecule has 1 aliphatic heterocycles. The summed E-state index contributed by atoms with van der Waals surface area (Å²) in [4.78, 5) is 218.